The second-order valence-electron chi connectivity index (χ2n) is 4.40. The third kappa shape index (κ3) is 2.57. The number of nitrogen functional groups attached to an aromatic ring is 2. The average Bonchev–Trinajstić information content (AvgIpc) is 2.86. The van der Waals surface area contributed by atoms with Crippen molar-refractivity contribution in [3.63, 3.8) is 0 Å². The summed E-state index contributed by atoms with van der Waals surface area (Å²) in [4.78, 5) is 0. The Labute approximate surface area is 127 Å². The molecule has 2 aromatic carbocycles. The fourth-order valence-corrected chi connectivity index (χ4v) is 2.51. The maximum Gasteiger partial charge on any atom is 0.187 e. The highest BCUT2D eigenvalue weighted by atomic mass is 79.9. The summed E-state index contributed by atoms with van der Waals surface area (Å²) < 4.78 is 15.2. The van der Waals surface area contributed by atoms with Crippen molar-refractivity contribution in [2.45, 2.75) is 0 Å². The number of rotatable bonds is 2. The summed E-state index contributed by atoms with van der Waals surface area (Å²) in [6.07, 6.45) is 0. The van der Waals surface area contributed by atoms with Gasteiger partial charge in [-0.1, -0.05) is 0 Å². The number of nitrogens with zero attached hydrogens (tertiary/aromatic N) is 4. The first-order valence-electron chi connectivity index (χ1n) is 5.95. The van der Waals surface area contributed by atoms with E-state index in [2.05, 4.69) is 31.5 Å². The molecule has 21 heavy (non-hydrogen) atoms. The van der Waals surface area contributed by atoms with Crippen LogP contribution in [-0.2, 0) is 0 Å². The molecule has 0 aliphatic heterocycles. The molecule has 106 valence electrons. The fraction of sp³-hybridized carbons (Fsp3) is 0. The van der Waals surface area contributed by atoms with Crippen LogP contribution in [0.15, 0.2) is 40.9 Å². The predicted octanol–water partition coefficient (Wildman–Crippen LogP) is 2.40. The summed E-state index contributed by atoms with van der Waals surface area (Å²) in [5.74, 6) is 0.106. The van der Waals surface area contributed by atoms with E-state index < -0.39 is 0 Å². The number of tetrazole rings is 1. The highest BCUT2D eigenvalue weighted by Gasteiger charge is 2.14. The molecule has 4 N–H and O–H groups in total. The Morgan fingerprint density at radius 2 is 1.76 bits per heavy atom. The Hall–Kier alpha value is -2.48. The molecule has 0 atom stereocenters. The molecule has 0 aliphatic carbocycles. The van der Waals surface area contributed by atoms with Gasteiger partial charge in [0.2, 0.25) is 0 Å². The Balaban J connectivity index is 2.17. The van der Waals surface area contributed by atoms with Crippen LogP contribution in [0.25, 0.3) is 17.1 Å². The van der Waals surface area contributed by atoms with Crippen molar-refractivity contribution in [1.82, 2.24) is 20.2 Å². The summed E-state index contributed by atoms with van der Waals surface area (Å²) >= 11 is 3.30. The molecule has 1 heterocycles. The van der Waals surface area contributed by atoms with E-state index in [9.17, 15) is 4.39 Å². The number of hydrogen-bond acceptors (Lipinski definition) is 5. The number of nitrogens with two attached hydrogens (primary N) is 2. The van der Waals surface area contributed by atoms with Crippen molar-refractivity contribution in [2.75, 3.05) is 11.5 Å². The van der Waals surface area contributed by atoms with Gasteiger partial charge >= 0.3 is 0 Å². The van der Waals surface area contributed by atoms with Crippen LogP contribution in [0.4, 0.5) is 15.8 Å². The third-order valence-corrected chi connectivity index (χ3v) is 3.48. The SMILES string of the molecule is Nc1cc(N)cc(-c2nnnn2-c2ccc(F)cc2Br)c1. The first-order valence-corrected chi connectivity index (χ1v) is 6.74. The van der Waals surface area contributed by atoms with Crippen molar-refractivity contribution in [3.05, 3.63) is 46.7 Å². The van der Waals surface area contributed by atoms with Crippen molar-refractivity contribution in [2.24, 2.45) is 0 Å². The second kappa shape index (κ2) is 5.13. The van der Waals surface area contributed by atoms with Crippen molar-refractivity contribution < 1.29 is 4.39 Å². The van der Waals surface area contributed by atoms with Gasteiger partial charge in [-0.25, -0.2) is 4.39 Å². The molecule has 8 heteroatoms. The van der Waals surface area contributed by atoms with Crippen molar-refractivity contribution >= 4 is 27.3 Å². The molecule has 0 fully saturated rings. The van der Waals surface area contributed by atoms with Gasteiger partial charge in [0.15, 0.2) is 5.82 Å². The summed E-state index contributed by atoms with van der Waals surface area (Å²) in [5.41, 5.74) is 13.9. The summed E-state index contributed by atoms with van der Waals surface area (Å²) in [6.45, 7) is 0. The minimum atomic E-state index is -0.353. The Bertz CT molecular complexity index is 796. The quantitative estimate of drug-likeness (QED) is 0.693. The van der Waals surface area contributed by atoms with Crippen LogP contribution < -0.4 is 11.5 Å². The van der Waals surface area contributed by atoms with E-state index in [1.807, 2.05) is 0 Å². The van der Waals surface area contributed by atoms with Gasteiger partial charge in [0.25, 0.3) is 0 Å². The van der Waals surface area contributed by atoms with Gasteiger partial charge in [-0.2, -0.15) is 4.68 Å². The molecule has 3 aromatic rings. The molecule has 0 unspecified atom stereocenters. The standard InChI is InChI=1S/C13H10BrFN6/c14-11-5-8(15)1-2-12(11)21-13(18-19-20-21)7-3-9(16)6-10(17)4-7/h1-6H,16-17H2. The molecular weight excluding hydrogens is 339 g/mol. The number of anilines is 2. The van der Waals surface area contributed by atoms with Crippen molar-refractivity contribution in [3.8, 4) is 17.1 Å². The molecule has 0 bridgehead atoms. The average molecular weight is 349 g/mol. The monoisotopic (exact) mass is 348 g/mol. The Morgan fingerprint density at radius 1 is 1.05 bits per heavy atom. The van der Waals surface area contributed by atoms with Gasteiger partial charge in [-0.05, 0) is 62.8 Å². The van der Waals surface area contributed by atoms with Crippen LogP contribution in [0, 0.1) is 5.82 Å². The van der Waals surface area contributed by atoms with Gasteiger partial charge in [0.05, 0.1) is 5.69 Å². The largest absolute Gasteiger partial charge is 0.399 e. The summed E-state index contributed by atoms with van der Waals surface area (Å²) in [5, 5.41) is 11.6. The zero-order valence-corrected chi connectivity index (χ0v) is 12.2. The van der Waals surface area contributed by atoms with E-state index in [4.69, 9.17) is 11.5 Å². The van der Waals surface area contributed by atoms with E-state index >= 15 is 0 Å². The molecule has 3 rings (SSSR count). The van der Waals surface area contributed by atoms with Crippen LogP contribution in [0.3, 0.4) is 0 Å². The number of halogens is 2. The highest BCUT2D eigenvalue weighted by molar-refractivity contribution is 9.10. The zero-order chi connectivity index (χ0) is 15.0. The summed E-state index contributed by atoms with van der Waals surface area (Å²) in [7, 11) is 0. The molecule has 0 spiro atoms. The first-order chi connectivity index (χ1) is 10.0. The molecule has 0 amide bonds. The lowest BCUT2D eigenvalue weighted by Gasteiger charge is -2.08. The van der Waals surface area contributed by atoms with Gasteiger partial charge in [-0.3, -0.25) is 0 Å². The zero-order valence-electron chi connectivity index (χ0n) is 10.7. The predicted molar refractivity (Wildman–Crippen MR) is 81.1 cm³/mol. The van der Waals surface area contributed by atoms with Crippen LogP contribution in [0.2, 0.25) is 0 Å². The van der Waals surface area contributed by atoms with Crippen LogP contribution in [0.1, 0.15) is 0 Å². The minimum Gasteiger partial charge on any atom is -0.399 e. The normalized spacial score (nSPS) is 10.8. The van der Waals surface area contributed by atoms with Crippen LogP contribution in [0.5, 0.6) is 0 Å². The van der Waals surface area contributed by atoms with Gasteiger partial charge < -0.3 is 11.5 Å². The number of benzene rings is 2. The highest BCUT2D eigenvalue weighted by Crippen LogP contribution is 2.27. The van der Waals surface area contributed by atoms with Gasteiger partial charge in [-0.15, -0.1) is 5.10 Å². The second-order valence-corrected chi connectivity index (χ2v) is 5.25. The molecular formula is C13H10BrFN6. The number of hydrogen-bond donors (Lipinski definition) is 2. The lowest BCUT2D eigenvalue weighted by atomic mass is 10.1. The molecule has 1 aromatic heterocycles. The molecule has 0 saturated carbocycles. The number of aromatic nitrogens is 4. The lowest BCUT2D eigenvalue weighted by molar-refractivity contribution is 0.625. The van der Waals surface area contributed by atoms with Crippen LogP contribution in [-0.4, -0.2) is 20.2 Å². The molecule has 0 aliphatic rings. The van der Waals surface area contributed by atoms with E-state index in [1.165, 1.54) is 16.8 Å². The van der Waals surface area contributed by atoms with E-state index in [-0.39, 0.29) is 5.82 Å². The molecule has 6 nitrogen and oxygen atoms in total. The smallest absolute Gasteiger partial charge is 0.187 e. The van der Waals surface area contributed by atoms with E-state index in [1.54, 1.807) is 24.3 Å². The Kier molecular flexibility index (Phi) is 3.30. The fourth-order valence-electron chi connectivity index (χ4n) is 1.99. The minimum absolute atomic E-state index is 0.353. The lowest BCUT2D eigenvalue weighted by Crippen LogP contribution is -2.02. The molecule has 0 saturated heterocycles. The van der Waals surface area contributed by atoms with E-state index in [0.717, 1.165) is 0 Å². The maximum atomic E-state index is 13.2. The first kappa shape index (κ1) is 13.5. The van der Waals surface area contributed by atoms with Crippen LogP contribution >= 0.6 is 15.9 Å². The van der Waals surface area contributed by atoms with Gasteiger partial charge in [0.1, 0.15) is 5.82 Å². The summed E-state index contributed by atoms with van der Waals surface area (Å²) in [6, 6.07) is 9.33. The topological polar surface area (TPSA) is 95.6 Å². The van der Waals surface area contributed by atoms with E-state index in [0.29, 0.717) is 32.9 Å². The Morgan fingerprint density at radius 3 is 2.43 bits per heavy atom. The third-order valence-electron chi connectivity index (χ3n) is 2.84. The molecule has 0 radical (unpaired) electrons. The van der Waals surface area contributed by atoms with Crippen molar-refractivity contribution in [1.29, 1.82) is 0 Å². The van der Waals surface area contributed by atoms with Gasteiger partial charge in [0, 0.05) is 21.4 Å². The maximum absolute atomic E-state index is 13.2.